The number of aromatic nitrogens is 4. The molecule has 0 bridgehead atoms. The highest BCUT2D eigenvalue weighted by Gasteiger charge is 2.27. The second-order valence-corrected chi connectivity index (χ2v) is 11.9. The zero-order valence-corrected chi connectivity index (χ0v) is 23.5. The Morgan fingerprint density at radius 3 is 2.15 bits per heavy atom. The molecule has 2 atom stereocenters. The van der Waals surface area contributed by atoms with Crippen molar-refractivity contribution in [2.75, 3.05) is 26.8 Å². The van der Waals surface area contributed by atoms with Gasteiger partial charge in [-0.05, 0) is 49.9 Å². The topological polar surface area (TPSA) is 119 Å². The van der Waals surface area contributed by atoms with E-state index in [1.54, 1.807) is 24.3 Å². The molecule has 0 spiro atoms. The van der Waals surface area contributed by atoms with E-state index in [1.807, 2.05) is 24.3 Å². The van der Waals surface area contributed by atoms with Crippen molar-refractivity contribution in [1.82, 2.24) is 30.2 Å². The lowest BCUT2D eigenvalue weighted by Gasteiger charge is -2.24. The number of fused-ring (bicyclic) bond motifs is 2. The number of rotatable bonds is 8. The van der Waals surface area contributed by atoms with Crippen LogP contribution < -0.4 is 5.32 Å². The molecule has 2 aromatic heterocycles. The molecule has 10 nitrogen and oxygen atoms in total. The molecule has 2 aromatic carbocycles. The average Bonchev–Trinajstić information content (AvgIpc) is 3.73. The van der Waals surface area contributed by atoms with Gasteiger partial charge in [-0.1, -0.05) is 21.6 Å². The van der Waals surface area contributed by atoms with Gasteiger partial charge in [-0.3, -0.25) is 9.59 Å². The third-order valence-electron chi connectivity index (χ3n) is 7.14. The van der Waals surface area contributed by atoms with Gasteiger partial charge in [0.05, 0.1) is 28.3 Å². The molecule has 4 heterocycles. The molecule has 0 radical (unpaired) electrons. The Kier molecular flexibility index (Phi) is 8.10. The van der Waals surface area contributed by atoms with Crippen LogP contribution in [0.5, 0.6) is 0 Å². The summed E-state index contributed by atoms with van der Waals surface area (Å²) >= 11 is 0. The molecule has 0 aliphatic carbocycles. The maximum absolute atomic E-state index is 13.3. The first kappa shape index (κ1) is 26.9. The number of amides is 2. The number of hydrogen-bond acceptors (Lipinski definition) is 10. The van der Waals surface area contributed by atoms with Crippen LogP contribution >= 0.6 is 21.6 Å². The van der Waals surface area contributed by atoms with Crippen LogP contribution in [0.3, 0.4) is 0 Å². The molecule has 0 saturated carbocycles. The highest BCUT2D eigenvalue weighted by molar-refractivity contribution is 8.76. The predicted octanol–water partition coefficient (Wildman–Crippen LogP) is 4.49. The molecule has 6 rings (SSSR count). The second-order valence-electron chi connectivity index (χ2n) is 9.69. The van der Waals surface area contributed by atoms with Crippen molar-refractivity contribution in [3.8, 4) is 0 Å². The fourth-order valence-corrected chi connectivity index (χ4v) is 7.26. The van der Waals surface area contributed by atoms with Gasteiger partial charge in [0.1, 0.15) is 18.9 Å². The summed E-state index contributed by atoms with van der Waals surface area (Å²) in [5, 5.41) is 4.36. The summed E-state index contributed by atoms with van der Waals surface area (Å²) in [4.78, 5) is 47.1. The van der Waals surface area contributed by atoms with E-state index < -0.39 is 0 Å². The van der Waals surface area contributed by atoms with Gasteiger partial charge >= 0.3 is 0 Å². The monoisotopic (exact) mass is 576 g/mol. The van der Waals surface area contributed by atoms with Crippen LogP contribution in [-0.4, -0.2) is 75.8 Å². The Bertz CT molecular complexity index is 1560. The zero-order chi connectivity index (χ0) is 27.5. The van der Waals surface area contributed by atoms with E-state index in [9.17, 15) is 9.59 Å². The van der Waals surface area contributed by atoms with Crippen LogP contribution in [0, 0.1) is 0 Å². The zero-order valence-electron chi connectivity index (χ0n) is 21.9. The first-order valence-corrected chi connectivity index (χ1v) is 15.3. The van der Waals surface area contributed by atoms with E-state index in [1.165, 1.54) is 34.2 Å². The summed E-state index contributed by atoms with van der Waals surface area (Å²) in [5.41, 5.74) is 2.46. The number of nitrogens with zero attached hydrogens (tertiary/aromatic N) is 5. The average molecular weight is 577 g/mol. The molecular formula is C28H28N6O4S2. The quantitative estimate of drug-likeness (QED) is 0.301. The van der Waals surface area contributed by atoms with Crippen molar-refractivity contribution >= 4 is 55.2 Å². The van der Waals surface area contributed by atoms with Crippen molar-refractivity contribution in [1.29, 1.82) is 0 Å². The van der Waals surface area contributed by atoms with Gasteiger partial charge in [0.2, 0.25) is 0 Å². The number of benzene rings is 2. The van der Waals surface area contributed by atoms with Crippen molar-refractivity contribution in [2.24, 2.45) is 0 Å². The summed E-state index contributed by atoms with van der Waals surface area (Å²) in [6, 6.07) is 7.44. The number of hydrogen-bond donors (Lipinski definition) is 1. The molecular weight excluding hydrogens is 548 g/mol. The van der Waals surface area contributed by atoms with Crippen molar-refractivity contribution < 1.29 is 19.1 Å². The van der Waals surface area contributed by atoms with E-state index in [-0.39, 0.29) is 24.1 Å². The van der Waals surface area contributed by atoms with E-state index >= 15 is 0 Å². The van der Waals surface area contributed by atoms with Crippen LogP contribution in [0.2, 0.25) is 0 Å². The van der Waals surface area contributed by atoms with Gasteiger partial charge in [-0.25, -0.2) is 19.9 Å². The second kappa shape index (κ2) is 12.0. The van der Waals surface area contributed by atoms with E-state index in [0.717, 1.165) is 42.1 Å². The normalized spacial score (nSPS) is 18.8. The largest absolute Gasteiger partial charge is 0.376 e. The molecule has 40 heavy (non-hydrogen) atoms. The highest BCUT2D eigenvalue weighted by Crippen LogP contribution is 2.43. The van der Waals surface area contributed by atoms with Gasteiger partial charge < -0.3 is 19.7 Å². The molecule has 206 valence electrons. The predicted molar refractivity (Wildman–Crippen MR) is 153 cm³/mol. The molecule has 2 unspecified atom stereocenters. The lowest BCUT2D eigenvalue weighted by atomic mass is 10.1. The Morgan fingerprint density at radius 2 is 1.52 bits per heavy atom. The summed E-state index contributed by atoms with van der Waals surface area (Å²) in [7, 11) is 4.79. The Hall–Kier alpha value is -3.32. The molecule has 2 saturated heterocycles. The van der Waals surface area contributed by atoms with Crippen molar-refractivity contribution in [2.45, 2.75) is 47.8 Å². The van der Waals surface area contributed by atoms with E-state index in [0.29, 0.717) is 46.1 Å². The summed E-state index contributed by atoms with van der Waals surface area (Å²) in [6.45, 7) is 1.89. The Morgan fingerprint density at radius 1 is 0.900 bits per heavy atom. The smallest absolute Gasteiger partial charge is 0.256 e. The first-order valence-electron chi connectivity index (χ1n) is 13.2. The lowest BCUT2D eigenvalue weighted by Crippen LogP contribution is -2.36. The minimum Gasteiger partial charge on any atom is -0.376 e. The third-order valence-corrected chi connectivity index (χ3v) is 9.57. The minimum absolute atomic E-state index is 0.0643. The fraction of sp³-hybridized carbons (Fsp3) is 0.357. The van der Waals surface area contributed by atoms with Crippen LogP contribution in [0.25, 0.3) is 21.8 Å². The van der Waals surface area contributed by atoms with Crippen molar-refractivity contribution in [3.63, 3.8) is 0 Å². The highest BCUT2D eigenvalue weighted by atomic mass is 33.1. The SMILES string of the molecule is CN(C(=O)c1ccc(SSc2ccc(C(=O)NCC3CCCO3)c3cncnc23)c2ncncc12)C1CCCO1. The van der Waals surface area contributed by atoms with Crippen LogP contribution in [0.1, 0.15) is 46.4 Å². The van der Waals surface area contributed by atoms with Crippen LogP contribution in [0.15, 0.2) is 59.1 Å². The molecule has 12 heteroatoms. The first-order chi connectivity index (χ1) is 19.6. The molecule has 2 aliphatic rings. The number of carbonyl (C=O) groups excluding carboxylic acids is 2. The maximum atomic E-state index is 13.3. The van der Waals surface area contributed by atoms with Crippen molar-refractivity contribution in [3.05, 3.63) is 60.4 Å². The molecule has 1 N–H and O–H groups in total. The van der Waals surface area contributed by atoms with E-state index in [4.69, 9.17) is 9.47 Å². The van der Waals surface area contributed by atoms with Gasteiger partial charge in [-0.15, -0.1) is 0 Å². The molecule has 2 aliphatic heterocycles. The Labute approximate surface area is 239 Å². The molecule has 4 aromatic rings. The molecule has 2 amide bonds. The minimum atomic E-state index is -0.215. The molecule has 2 fully saturated rings. The van der Waals surface area contributed by atoms with Gasteiger partial charge in [0.15, 0.2) is 0 Å². The van der Waals surface area contributed by atoms with Crippen LogP contribution in [0.4, 0.5) is 0 Å². The van der Waals surface area contributed by atoms with Gasteiger partial charge in [0, 0.05) is 59.8 Å². The summed E-state index contributed by atoms with van der Waals surface area (Å²) in [5.74, 6) is -0.289. The standard InChI is InChI=1S/C28H28N6O4S2/c1-34(24-5-3-11-38-24)28(36)19-7-9-23(26-21(19)14-30-16-33-26)40-39-22-8-6-18(20-13-29-15-32-25(20)22)27(35)31-12-17-4-2-10-37-17/h6-9,13-17,24H,2-5,10-12H2,1H3,(H,31,35). The summed E-state index contributed by atoms with van der Waals surface area (Å²) < 4.78 is 11.3. The third kappa shape index (κ3) is 5.49. The fourth-order valence-electron chi connectivity index (χ4n) is 5.00. The number of ether oxygens (including phenoxy) is 2. The maximum Gasteiger partial charge on any atom is 0.256 e. The van der Waals surface area contributed by atoms with Gasteiger partial charge in [-0.2, -0.15) is 0 Å². The lowest BCUT2D eigenvalue weighted by molar-refractivity contribution is 0.000984. The number of nitrogens with one attached hydrogen (secondary N) is 1. The van der Waals surface area contributed by atoms with Crippen LogP contribution in [-0.2, 0) is 9.47 Å². The van der Waals surface area contributed by atoms with Gasteiger partial charge in [0.25, 0.3) is 11.8 Å². The number of carbonyl (C=O) groups is 2. The summed E-state index contributed by atoms with van der Waals surface area (Å²) in [6.07, 6.45) is 9.92. The van der Waals surface area contributed by atoms with E-state index in [2.05, 4.69) is 25.3 Å². The Balaban J connectivity index is 1.23.